The van der Waals surface area contributed by atoms with Crippen molar-refractivity contribution in [2.45, 2.75) is 50.1 Å². The number of fused-ring (bicyclic) bond motifs is 2. The van der Waals surface area contributed by atoms with Gasteiger partial charge < -0.3 is 5.32 Å². The molecule has 29 heavy (non-hydrogen) atoms. The second-order valence-corrected chi connectivity index (χ2v) is 9.88. The molecule has 4 rings (SSSR count). The molecule has 156 valence electrons. The lowest BCUT2D eigenvalue weighted by Gasteiger charge is -2.28. The van der Waals surface area contributed by atoms with Crippen LogP contribution in [0.1, 0.15) is 41.5 Å². The first-order valence-corrected chi connectivity index (χ1v) is 12.2. The number of unbranched alkanes of at least 4 members (excludes halogenated alkanes) is 2. The minimum absolute atomic E-state index is 0.381. The summed E-state index contributed by atoms with van der Waals surface area (Å²) in [7, 11) is -3.42. The van der Waals surface area contributed by atoms with Crippen LogP contribution in [-0.4, -0.2) is 39.5 Å². The van der Waals surface area contributed by atoms with Crippen LogP contribution in [0.2, 0.25) is 0 Å². The van der Waals surface area contributed by atoms with Crippen LogP contribution in [0.15, 0.2) is 47.4 Å². The molecule has 0 aliphatic carbocycles. The molecule has 0 bridgehead atoms. The number of nitrogens with zero attached hydrogens (tertiary/aromatic N) is 1. The van der Waals surface area contributed by atoms with Crippen LogP contribution in [0.5, 0.6) is 0 Å². The van der Waals surface area contributed by atoms with Gasteiger partial charge in [-0.3, -0.25) is 4.90 Å². The van der Waals surface area contributed by atoms with Crippen molar-refractivity contribution in [2.24, 2.45) is 0 Å². The van der Waals surface area contributed by atoms with Crippen molar-refractivity contribution in [2.75, 3.05) is 26.2 Å². The molecular weight excluding hydrogens is 382 g/mol. The van der Waals surface area contributed by atoms with E-state index in [0.29, 0.717) is 11.4 Å². The minimum Gasteiger partial charge on any atom is -0.312 e. The topological polar surface area (TPSA) is 61.4 Å². The lowest BCUT2D eigenvalue weighted by atomic mass is 10.00. The van der Waals surface area contributed by atoms with Gasteiger partial charge in [-0.1, -0.05) is 36.8 Å². The molecule has 0 saturated heterocycles. The normalized spacial score (nSPS) is 17.0. The van der Waals surface area contributed by atoms with Crippen molar-refractivity contribution in [3.63, 3.8) is 0 Å². The average molecular weight is 414 g/mol. The smallest absolute Gasteiger partial charge is 0.240 e. The fraction of sp³-hybridized carbons (Fsp3) is 0.478. The van der Waals surface area contributed by atoms with Crippen molar-refractivity contribution in [1.29, 1.82) is 0 Å². The van der Waals surface area contributed by atoms with Crippen molar-refractivity contribution in [3.05, 3.63) is 64.7 Å². The summed E-state index contributed by atoms with van der Waals surface area (Å²) in [6, 6.07) is 14.2. The first-order valence-electron chi connectivity index (χ1n) is 10.7. The fourth-order valence-electron chi connectivity index (χ4n) is 4.30. The van der Waals surface area contributed by atoms with Gasteiger partial charge in [-0.15, -0.1) is 0 Å². The zero-order valence-corrected chi connectivity index (χ0v) is 17.8. The van der Waals surface area contributed by atoms with E-state index in [9.17, 15) is 8.42 Å². The Morgan fingerprint density at radius 1 is 0.931 bits per heavy atom. The third kappa shape index (κ3) is 5.25. The third-order valence-electron chi connectivity index (χ3n) is 6.03. The summed E-state index contributed by atoms with van der Waals surface area (Å²) in [6.45, 7) is 5.45. The van der Waals surface area contributed by atoms with Gasteiger partial charge >= 0.3 is 0 Å². The molecular formula is C23H31N3O2S. The van der Waals surface area contributed by atoms with Gasteiger partial charge in [0.2, 0.25) is 10.0 Å². The van der Waals surface area contributed by atoms with E-state index in [4.69, 9.17) is 0 Å². The second kappa shape index (κ2) is 9.39. The number of rotatable bonds is 8. The van der Waals surface area contributed by atoms with Crippen LogP contribution in [0.25, 0.3) is 0 Å². The van der Waals surface area contributed by atoms with Gasteiger partial charge in [-0.05, 0) is 73.2 Å². The predicted octanol–water partition coefficient (Wildman–Crippen LogP) is 2.84. The Morgan fingerprint density at radius 3 is 2.66 bits per heavy atom. The summed E-state index contributed by atoms with van der Waals surface area (Å²) >= 11 is 0. The summed E-state index contributed by atoms with van der Waals surface area (Å²) in [5.74, 6) is 0. The van der Waals surface area contributed by atoms with Crippen LogP contribution < -0.4 is 10.0 Å². The Hall–Kier alpha value is -1.73. The standard InChI is InChI=1S/C23H31N3O2S/c27-29(28,23-9-8-20-10-13-24-17-22(20)16-23)25-12-4-1-5-14-26-15-11-19-6-2-3-7-21(19)18-26/h2-3,6-9,16,24-25H,1,4-5,10-15,17-18H2. The summed E-state index contributed by atoms with van der Waals surface area (Å²) in [4.78, 5) is 2.89. The summed E-state index contributed by atoms with van der Waals surface area (Å²) < 4.78 is 27.9. The van der Waals surface area contributed by atoms with Crippen LogP contribution in [0, 0.1) is 0 Å². The van der Waals surface area contributed by atoms with Gasteiger partial charge in [-0.25, -0.2) is 13.1 Å². The van der Waals surface area contributed by atoms with Crippen molar-refractivity contribution in [1.82, 2.24) is 14.9 Å². The maximum Gasteiger partial charge on any atom is 0.240 e. The fourth-order valence-corrected chi connectivity index (χ4v) is 5.42. The highest BCUT2D eigenvalue weighted by molar-refractivity contribution is 7.89. The second-order valence-electron chi connectivity index (χ2n) is 8.11. The van der Waals surface area contributed by atoms with E-state index < -0.39 is 10.0 Å². The highest BCUT2D eigenvalue weighted by atomic mass is 32.2. The largest absolute Gasteiger partial charge is 0.312 e. The van der Waals surface area contributed by atoms with Gasteiger partial charge in [-0.2, -0.15) is 0 Å². The first-order chi connectivity index (χ1) is 14.1. The summed E-state index contributed by atoms with van der Waals surface area (Å²) in [6.07, 6.45) is 5.11. The van der Waals surface area contributed by atoms with E-state index >= 15 is 0 Å². The molecule has 2 N–H and O–H groups in total. The molecule has 0 atom stereocenters. The average Bonchev–Trinajstić information content (AvgIpc) is 2.75. The van der Waals surface area contributed by atoms with E-state index in [1.807, 2.05) is 12.1 Å². The number of hydrogen-bond acceptors (Lipinski definition) is 4. The molecule has 2 aromatic carbocycles. The van der Waals surface area contributed by atoms with Gasteiger partial charge in [0, 0.05) is 26.2 Å². The van der Waals surface area contributed by atoms with Gasteiger partial charge in [0.15, 0.2) is 0 Å². The lowest BCUT2D eigenvalue weighted by Crippen LogP contribution is -2.31. The molecule has 2 aromatic rings. The molecule has 0 fully saturated rings. The molecule has 0 unspecified atom stereocenters. The van der Waals surface area contributed by atoms with Crippen LogP contribution in [0.3, 0.4) is 0 Å². The third-order valence-corrected chi connectivity index (χ3v) is 7.49. The molecule has 0 amide bonds. The van der Waals surface area contributed by atoms with Crippen molar-refractivity contribution >= 4 is 10.0 Å². The summed E-state index contributed by atoms with van der Waals surface area (Å²) in [5.41, 5.74) is 5.29. The van der Waals surface area contributed by atoms with Crippen LogP contribution in [-0.2, 0) is 36.0 Å². The Bertz CT molecular complexity index is 943. The Kier molecular flexibility index (Phi) is 6.65. The van der Waals surface area contributed by atoms with E-state index in [0.717, 1.165) is 70.4 Å². The van der Waals surface area contributed by atoms with Crippen molar-refractivity contribution < 1.29 is 8.42 Å². The maximum absolute atomic E-state index is 12.6. The van der Waals surface area contributed by atoms with Gasteiger partial charge in [0.1, 0.15) is 0 Å². The van der Waals surface area contributed by atoms with Crippen molar-refractivity contribution in [3.8, 4) is 0 Å². The molecule has 0 aromatic heterocycles. The SMILES string of the molecule is O=S(=O)(NCCCCCN1CCc2ccccc2C1)c1ccc2c(c1)CNCC2. The monoisotopic (exact) mass is 413 g/mol. The highest BCUT2D eigenvalue weighted by Gasteiger charge is 2.17. The number of sulfonamides is 1. The van der Waals surface area contributed by atoms with E-state index in [1.165, 1.54) is 16.7 Å². The zero-order chi connectivity index (χ0) is 20.1. The Balaban J connectivity index is 1.18. The van der Waals surface area contributed by atoms with E-state index in [-0.39, 0.29) is 0 Å². The molecule has 6 heteroatoms. The molecule has 0 saturated carbocycles. The van der Waals surface area contributed by atoms with Gasteiger partial charge in [0.05, 0.1) is 4.90 Å². The Labute approximate surface area is 174 Å². The summed E-state index contributed by atoms with van der Waals surface area (Å²) in [5, 5.41) is 3.30. The molecule has 0 radical (unpaired) electrons. The molecule has 5 nitrogen and oxygen atoms in total. The van der Waals surface area contributed by atoms with Crippen LogP contribution >= 0.6 is 0 Å². The molecule has 2 aliphatic rings. The quantitative estimate of drug-likeness (QED) is 0.654. The number of benzene rings is 2. The lowest BCUT2D eigenvalue weighted by molar-refractivity contribution is 0.248. The molecule has 2 heterocycles. The Morgan fingerprint density at radius 2 is 1.76 bits per heavy atom. The van der Waals surface area contributed by atoms with Crippen LogP contribution in [0.4, 0.5) is 0 Å². The van der Waals surface area contributed by atoms with E-state index in [1.54, 1.807) is 6.07 Å². The highest BCUT2D eigenvalue weighted by Crippen LogP contribution is 2.20. The number of hydrogen-bond donors (Lipinski definition) is 2. The minimum atomic E-state index is -3.42. The predicted molar refractivity (Wildman–Crippen MR) is 116 cm³/mol. The molecule has 2 aliphatic heterocycles. The van der Waals surface area contributed by atoms with Gasteiger partial charge in [0.25, 0.3) is 0 Å². The number of nitrogens with one attached hydrogen (secondary N) is 2. The van der Waals surface area contributed by atoms with E-state index in [2.05, 4.69) is 39.2 Å². The first kappa shape index (κ1) is 20.5. The molecule has 0 spiro atoms. The maximum atomic E-state index is 12.6. The zero-order valence-electron chi connectivity index (χ0n) is 17.0.